The van der Waals surface area contributed by atoms with E-state index in [2.05, 4.69) is 29.3 Å². The zero-order chi connectivity index (χ0) is 13.0. The first-order valence-electron chi connectivity index (χ1n) is 5.85. The van der Waals surface area contributed by atoms with Crippen molar-refractivity contribution in [3.8, 4) is 0 Å². The van der Waals surface area contributed by atoms with Crippen LogP contribution in [0.15, 0.2) is 34.0 Å². The van der Waals surface area contributed by atoms with Crippen molar-refractivity contribution in [2.75, 3.05) is 5.32 Å². The fourth-order valence-corrected chi connectivity index (χ4v) is 1.61. The second-order valence-electron chi connectivity index (χ2n) is 4.47. The van der Waals surface area contributed by atoms with Crippen LogP contribution in [0.25, 0.3) is 0 Å². The van der Waals surface area contributed by atoms with E-state index >= 15 is 0 Å². The van der Waals surface area contributed by atoms with Gasteiger partial charge in [0.2, 0.25) is 0 Å². The molecule has 6 heteroatoms. The molecule has 18 heavy (non-hydrogen) atoms. The fourth-order valence-electron chi connectivity index (χ4n) is 1.61. The number of hydrogen-bond donors (Lipinski definition) is 1. The van der Waals surface area contributed by atoms with E-state index in [1.54, 1.807) is 23.0 Å². The average Bonchev–Trinajstić information content (AvgIpc) is 2.83. The third-order valence-corrected chi connectivity index (χ3v) is 2.40. The van der Waals surface area contributed by atoms with E-state index in [0.717, 1.165) is 5.69 Å². The van der Waals surface area contributed by atoms with E-state index in [4.69, 9.17) is 4.52 Å². The molecular weight excluding hydrogens is 232 g/mol. The Kier molecular flexibility index (Phi) is 3.76. The van der Waals surface area contributed by atoms with Gasteiger partial charge < -0.3 is 14.4 Å². The van der Waals surface area contributed by atoms with Crippen molar-refractivity contribution >= 4 is 5.82 Å². The lowest BCUT2D eigenvalue weighted by Crippen LogP contribution is -2.25. The predicted molar refractivity (Wildman–Crippen MR) is 67.2 cm³/mol. The van der Waals surface area contributed by atoms with Gasteiger partial charge in [-0.2, -0.15) is 0 Å². The first-order valence-corrected chi connectivity index (χ1v) is 5.85. The first kappa shape index (κ1) is 12.3. The zero-order valence-corrected chi connectivity index (χ0v) is 10.5. The molecule has 2 rings (SSSR count). The van der Waals surface area contributed by atoms with Gasteiger partial charge >= 0.3 is 0 Å². The average molecular weight is 248 g/mol. The molecule has 0 amide bonds. The Morgan fingerprint density at radius 2 is 2.33 bits per heavy atom. The van der Waals surface area contributed by atoms with Crippen molar-refractivity contribution in [3.63, 3.8) is 0 Å². The zero-order valence-electron chi connectivity index (χ0n) is 10.5. The van der Waals surface area contributed by atoms with Crippen LogP contribution in [0.1, 0.15) is 19.5 Å². The van der Waals surface area contributed by atoms with E-state index in [9.17, 15) is 4.79 Å². The van der Waals surface area contributed by atoms with Gasteiger partial charge in [-0.15, -0.1) is 0 Å². The van der Waals surface area contributed by atoms with E-state index in [-0.39, 0.29) is 5.56 Å². The van der Waals surface area contributed by atoms with Crippen LogP contribution >= 0.6 is 0 Å². The molecule has 0 saturated heterocycles. The van der Waals surface area contributed by atoms with Crippen molar-refractivity contribution in [1.29, 1.82) is 0 Å². The van der Waals surface area contributed by atoms with Gasteiger partial charge in [-0.05, 0) is 5.92 Å². The van der Waals surface area contributed by atoms with E-state index in [0.29, 0.717) is 24.8 Å². The Hall–Kier alpha value is -2.11. The summed E-state index contributed by atoms with van der Waals surface area (Å²) in [5.74, 6) is 0.745. The van der Waals surface area contributed by atoms with Gasteiger partial charge in [0.05, 0.1) is 6.54 Å². The lowest BCUT2D eigenvalue weighted by Gasteiger charge is -2.10. The number of rotatable bonds is 5. The molecule has 0 saturated carbocycles. The Balaban J connectivity index is 2.11. The highest BCUT2D eigenvalue weighted by atomic mass is 16.5. The normalized spacial score (nSPS) is 10.8. The van der Waals surface area contributed by atoms with Gasteiger partial charge in [-0.25, -0.2) is 4.98 Å². The molecule has 6 nitrogen and oxygen atoms in total. The van der Waals surface area contributed by atoms with Gasteiger partial charge in [0.15, 0.2) is 5.82 Å². The molecular formula is C12H16N4O2. The maximum absolute atomic E-state index is 12.1. The molecule has 0 atom stereocenters. The minimum absolute atomic E-state index is 0.116. The van der Waals surface area contributed by atoms with Gasteiger partial charge in [-0.3, -0.25) is 4.79 Å². The van der Waals surface area contributed by atoms with E-state index < -0.39 is 0 Å². The Bertz CT molecular complexity index is 545. The highest BCUT2D eigenvalue weighted by Gasteiger charge is 2.06. The number of aromatic nitrogens is 3. The fraction of sp³-hybridized carbons (Fsp3) is 0.417. The maximum Gasteiger partial charge on any atom is 0.293 e. The molecule has 2 heterocycles. The van der Waals surface area contributed by atoms with Crippen LogP contribution in [0.4, 0.5) is 5.82 Å². The Morgan fingerprint density at radius 3 is 3.00 bits per heavy atom. The predicted octanol–water partition coefficient (Wildman–Crippen LogP) is 1.50. The molecule has 0 unspecified atom stereocenters. The number of nitrogens with one attached hydrogen (secondary N) is 1. The molecule has 1 N–H and O–H groups in total. The van der Waals surface area contributed by atoms with Crippen LogP contribution in [-0.2, 0) is 13.1 Å². The van der Waals surface area contributed by atoms with Crippen molar-refractivity contribution in [3.05, 3.63) is 40.8 Å². The van der Waals surface area contributed by atoms with Crippen molar-refractivity contribution in [1.82, 2.24) is 14.7 Å². The van der Waals surface area contributed by atoms with Crippen LogP contribution in [0.2, 0.25) is 0 Å². The number of nitrogens with zero attached hydrogens (tertiary/aromatic N) is 3. The molecule has 0 spiro atoms. The molecule has 0 radical (unpaired) electrons. The van der Waals surface area contributed by atoms with Crippen LogP contribution in [0, 0.1) is 5.92 Å². The summed E-state index contributed by atoms with van der Waals surface area (Å²) >= 11 is 0. The van der Waals surface area contributed by atoms with Crippen molar-refractivity contribution in [2.24, 2.45) is 5.92 Å². The molecule has 0 aliphatic carbocycles. The molecule has 0 aliphatic heterocycles. The van der Waals surface area contributed by atoms with Crippen molar-refractivity contribution in [2.45, 2.75) is 26.9 Å². The summed E-state index contributed by atoms with van der Waals surface area (Å²) in [6.45, 7) is 5.23. The Morgan fingerprint density at radius 1 is 1.50 bits per heavy atom. The lowest BCUT2D eigenvalue weighted by molar-refractivity contribution is 0.412. The lowest BCUT2D eigenvalue weighted by atomic mass is 10.2. The summed E-state index contributed by atoms with van der Waals surface area (Å²) in [5.41, 5.74) is 0.616. The molecule has 2 aromatic rings. The van der Waals surface area contributed by atoms with Crippen LogP contribution in [-0.4, -0.2) is 14.7 Å². The maximum atomic E-state index is 12.1. The number of hydrogen-bond acceptors (Lipinski definition) is 5. The summed E-state index contributed by atoms with van der Waals surface area (Å²) in [5, 5.41) is 6.72. The Labute approximate surface area is 105 Å². The standard InChI is InChI=1S/C12H16N4O2/c1-9(2)8-16-5-4-13-11(12(16)17)14-7-10-3-6-18-15-10/h3-6,9H,7-8H2,1-2H3,(H,13,14). The molecule has 0 aliphatic rings. The minimum Gasteiger partial charge on any atom is -0.364 e. The smallest absolute Gasteiger partial charge is 0.293 e. The molecule has 96 valence electrons. The number of anilines is 1. The molecule has 0 fully saturated rings. The van der Waals surface area contributed by atoms with Crippen LogP contribution in [0.3, 0.4) is 0 Å². The monoisotopic (exact) mass is 248 g/mol. The third-order valence-electron chi connectivity index (χ3n) is 2.40. The minimum atomic E-state index is -0.116. The SMILES string of the molecule is CC(C)Cn1ccnc(NCc2ccon2)c1=O. The summed E-state index contributed by atoms with van der Waals surface area (Å²) < 4.78 is 6.37. The topological polar surface area (TPSA) is 73.0 Å². The second-order valence-corrected chi connectivity index (χ2v) is 4.47. The summed E-state index contributed by atoms with van der Waals surface area (Å²) in [7, 11) is 0. The van der Waals surface area contributed by atoms with Gasteiger partial charge in [0, 0.05) is 25.0 Å². The quantitative estimate of drug-likeness (QED) is 0.868. The molecule has 0 bridgehead atoms. The van der Waals surface area contributed by atoms with Gasteiger partial charge in [-0.1, -0.05) is 19.0 Å². The van der Waals surface area contributed by atoms with Crippen molar-refractivity contribution < 1.29 is 4.52 Å². The van der Waals surface area contributed by atoms with Gasteiger partial charge in [0.1, 0.15) is 12.0 Å². The van der Waals surface area contributed by atoms with Gasteiger partial charge in [0.25, 0.3) is 5.56 Å². The van der Waals surface area contributed by atoms with E-state index in [1.807, 2.05) is 0 Å². The summed E-state index contributed by atoms with van der Waals surface area (Å²) in [6, 6.07) is 1.74. The van der Waals surface area contributed by atoms with E-state index in [1.165, 1.54) is 6.26 Å². The third kappa shape index (κ3) is 2.97. The largest absolute Gasteiger partial charge is 0.364 e. The first-order chi connectivity index (χ1) is 8.66. The second kappa shape index (κ2) is 5.48. The summed E-state index contributed by atoms with van der Waals surface area (Å²) in [6.07, 6.45) is 4.81. The van der Waals surface area contributed by atoms with Crippen LogP contribution in [0.5, 0.6) is 0 Å². The molecule has 0 aromatic carbocycles. The highest BCUT2D eigenvalue weighted by Crippen LogP contribution is 2.01. The van der Waals surface area contributed by atoms with Crippen LogP contribution < -0.4 is 10.9 Å². The highest BCUT2D eigenvalue weighted by molar-refractivity contribution is 5.31. The molecule has 2 aromatic heterocycles. The summed E-state index contributed by atoms with van der Waals surface area (Å²) in [4.78, 5) is 16.1.